The molecule has 1 atom stereocenters. The van der Waals surface area contributed by atoms with Crippen LogP contribution in [0.25, 0.3) is 0 Å². The molecule has 1 heterocycles. The van der Waals surface area contributed by atoms with Crippen molar-refractivity contribution in [2.75, 3.05) is 18.8 Å². The molecule has 0 aromatic carbocycles. The Kier molecular flexibility index (Phi) is 5.16. The van der Waals surface area contributed by atoms with Crippen molar-refractivity contribution in [1.82, 2.24) is 10.6 Å². The van der Waals surface area contributed by atoms with Gasteiger partial charge in [-0.1, -0.05) is 6.92 Å². The Morgan fingerprint density at radius 3 is 2.56 bits per heavy atom. The summed E-state index contributed by atoms with van der Waals surface area (Å²) in [7, 11) is -2.92. The third kappa shape index (κ3) is 4.57. The highest BCUT2D eigenvalue weighted by Crippen LogP contribution is 2.18. The highest BCUT2D eigenvalue weighted by molar-refractivity contribution is 7.92. The average Bonchev–Trinajstić information content (AvgIpc) is 2.58. The monoisotopic (exact) mass is 276 g/mol. The van der Waals surface area contributed by atoms with Crippen LogP contribution in [-0.2, 0) is 14.6 Å². The van der Waals surface area contributed by atoms with Gasteiger partial charge in [0.2, 0.25) is 5.91 Å². The number of carbonyl (C=O) groups is 1. The minimum atomic E-state index is -2.92. The smallest absolute Gasteiger partial charge is 0.234 e. The van der Waals surface area contributed by atoms with Crippen LogP contribution < -0.4 is 10.6 Å². The first kappa shape index (κ1) is 15.4. The maximum Gasteiger partial charge on any atom is 0.234 e. The predicted molar refractivity (Wildman–Crippen MR) is 72.2 cm³/mol. The summed E-state index contributed by atoms with van der Waals surface area (Å²) in [6.45, 7) is 6.50. The molecule has 1 unspecified atom stereocenters. The van der Waals surface area contributed by atoms with E-state index in [9.17, 15) is 13.2 Å². The van der Waals surface area contributed by atoms with Crippen molar-refractivity contribution in [3.05, 3.63) is 0 Å². The molecular formula is C12H24N2O3S. The molecule has 1 aliphatic rings. The number of amides is 1. The number of nitrogens with one attached hydrogen (secondary N) is 2. The van der Waals surface area contributed by atoms with E-state index in [4.69, 9.17) is 0 Å². The lowest BCUT2D eigenvalue weighted by Gasteiger charge is -2.24. The van der Waals surface area contributed by atoms with Crippen LogP contribution in [0.3, 0.4) is 0 Å². The van der Waals surface area contributed by atoms with E-state index in [-0.39, 0.29) is 29.0 Å². The van der Waals surface area contributed by atoms with Gasteiger partial charge in [0.25, 0.3) is 0 Å². The third-order valence-electron chi connectivity index (χ3n) is 3.48. The fraction of sp³-hybridized carbons (Fsp3) is 0.917. The summed E-state index contributed by atoms with van der Waals surface area (Å²) < 4.78 is 23.1. The van der Waals surface area contributed by atoms with Crippen molar-refractivity contribution in [3.8, 4) is 0 Å². The lowest BCUT2D eigenvalue weighted by atomic mass is 10.0. The van der Waals surface area contributed by atoms with E-state index in [1.54, 1.807) is 0 Å². The van der Waals surface area contributed by atoms with Crippen molar-refractivity contribution in [2.45, 2.75) is 50.8 Å². The van der Waals surface area contributed by atoms with Gasteiger partial charge in [0.05, 0.1) is 17.5 Å². The molecule has 0 aromatic rings. The van der Waals surface area contributed by atoms with Crippen LogP contribution in [0.4, 0.5) is 0 Å². The number of hydrogen-bond donors (Lipinski definition) is 2. The lowest BCUT2D eigenvalue weighted by Crippen LogP contribution is -2.47. The van der Waals surface area contributed by atoms with E-state index in [1.165, 1.54) is 0 Å². The lowest BCUT2D eigenvalue weighted by molar-refractivity contribution is -0.121. The number of carbonyl (C=O) groups excluding carboxylic acids is 1. The fourth-order valence-electron chi connectivity index (χ4n) is 1.94. The molecule has 0 radical (unpaired) electrons. The topological polar surface area (TPSA) is 75.3 Å². The minimum Gasteiger partial charge on any atom is -0.350 e. The molecule has 0 bridgehead atoms. The van der Waals surface area contributed by atoms with Gasteiger partial charge in [-0.25, -0.2) is 8.42 Å². The molecule has 0 aliphatic carbocycles. The van der Waals surface area contributed by atoms with Crippen molar-refractivity contribution in [1.29, 1.82) is 0 Å². The van der Waals surface area contributed by atoms with Gasteiger partial charge in [0.1, 0.15) is 0 Å². The summed E-state index contributed by atoms with van der Waals surface area (Å²) in [6.07, 6.45) is 2.30. The first-order valence-electron chi connectivity index (χ1n) is 6.50. The van der Waals surface area contributed by atoms with Crippen LogP contribution in [0, 0.1) is 0 Å². The fourth-order valence-corrected chi connectivity index (χ4v) is 3.74. The minimum absolute atomic E-state index is 0.0859. The van der Waals surface area contributed by atoms with Crippen molar-refractivity contribution >= 4 is 15.7 Å². The van der Waals surface area contributed by atoms with Crippen molar-refractivity contribution in [3.63, 3.8) is 0 Å². The van der Waals surface area contributed by atoms with Gasteiger partial charge in [0.15, 0.2) is 9.84 Å². The zero-order valence-corrected chi connectivity index (χ0v) is 12.3. The van der Waals surface area contributed by atoms with Gasteiger partial charge in [-0.2, -0.15) is 0 Å². The second-order valence-electron chi connectivity index (χ2n) is 5.55. The second-order valence-corrected chi connectivity index (χ2v) is 7.95. The van der Waals surface area contributed by atoms with Crippen molar-refractivity contribution in [2.24, 2.45) is 0 Å². The molecule has 18 heavy (non-hydrogen) atoms. The van der Waals surface area contributed by atoms with Gasteiger partial charge in [-0.15, -0.1) is 0 Å². The highest BCUT2D eigenvalue weighted by Gasteiger charge is 2.30. The average molecular weight is 276 g/mol. The Morgan fingerprint density at radius 1 is 1.39 bits per heavy atom. The van der Waals surface area contributed by atoms with Gasteiger partial charge in [-0.3, -0.25) is 4.79 Å². The Hall–Kier alpha value is -0.620. The Morgan fingerprint density at radius 2 is 2.06 bits per heavy atom. The van der Waals surface area contributed by atoms with Gasteiger partial charge >= 0.3 is 0 Å². The molecule has 1 amide bonds. The largest absolute Gasteiger partial charge is 0.350 e. The van der Waals surface area contributed by atoms with E-state index in [0.717, 1.165) is 12.8 Å². The number of rotatable bonds is 6. The maximum atomic E-state index is 11.6. The normalized spacial score (nSPS) is 22.9. The molecule has 1 rings (SSSR count). The second kappa shape index (κ2) is 6.02. The Bertz CT molecular complexity index is 390. The summed E-state index contributed by atoms with van der Waals surface area (Å²) in [6, 6.07) is 0. The number of sulfone groups is 1. The van der Waals surface area contributed by atoms with E-state index in [1.807, 2.05) is 20.8 Å². The standard InChI is InChI=1S/C12H24N2O3S/c1-4-12(2,3)14-11(15)9-13-8-10-6-5-7-18(10,16)17/h10,13H,4-9H2,1-3H3,(H,14,15). The van der Waals surface area contributed by atoms with Gasteiger partial charge < -0.3 is 10.6 Å². The molecule has 6 heteroatoms. The molecule has 5 nitrogen and oxygen atoms in total. The zero-order chi connectivity index (χ0) is 13.8. The van der Waals surface area contributed by atoms with Crippen LogP contribution in [-0.4, -0.2) is 44.0 Å². The molecular weight excluding hydrogens is 252 g/mol. The molecule has 2 N–H and O–H groups in total. The first-order valence-corrected chi connectivity index (χ1v) is 8.22. The van der Waals surface area contributed by atoms with E-state index >= 15 is 0 Å². The molecule has 0 spiro atoms. The summed E-state index contributed by atoms with van der Waals surface area (Å²) in [5.41, 5.74) is -0.210. The quantitative estimate of drug-likeness (QED) is 0.739. The predicted octanol–water partition coefficient (Wildman–Crippen LogP) is 0.458. The van der Waals surface area contributed by atoms with Crippen LogP contribution in [0.15, 0.2) is 0 Å². The molecule has 1 saturated heterocycles. The van der Waals surface area contributed by atoms with Crippen LogP contribution in [0.5, 0.6) is 0 Å². The van der Waals surface area contributed by atoms with E-state index in [2.05, 4.69) is 10.6 Å². The van der Waals surface area contributed by atoms with Crippen LogP contribution >= 0.6 is 0 Å². The Balaban J connectivity index is 2.28. The molecule has 0 aromatic heterocycles. The summed E-state index contributed by atoms with van der Waals surface area (Å²) in [4.78, 5) is 11.6. The molecule has 0 saturated carbocycles. The van der Waals surface area contributed by atoms with Gasteiger partial charge in [-0.05, 0) is 33.1 Å². The zero-order valence-electron chi connectivity index (χ0n) is 11.5. The van der Waals surface area contributed by atoms with Gasteiger partial charge in [0, 0.05) is 12.1 Å². The molecule has 1 aliphatic heterocycles. The summed E-state index contributed by atoms with van der Waals surface area (Å²) in [5.74, 6) is 0.200. The van der Waals surface area contributed by atoms with Crippen LogP contribution in [0.1, 0.15) is 40.0 Å². The Labute approximate surface area is 110 Å². The number of hydrogen-bond acceptors (Lipinski definition) is 4. The molecule has 106 valence electrons. The SMILES string of the molecule is CCC(C)(C)NC(=O)CNCC1CCCS1(=O)=O. The van der Waals surface area contributed by atoms with E-state index in [0.29, 0.717) is 13.0 Å². The third-order valence-corrected chi connectivity index (χ3v) is 5.76. The van der Waals surface area contributed by atoms with Crippen molar-refractivity contribution < 1.29 is 13.2 Å². The highest BCUT2D eigenvalue weighted by atomic mass is 32.2. The first-order chi connectivity index (χ1) is 8.27. The van der Waals surface area contributed by atoms with Crippen LogP contribution in [0.2, 0.25) is 0 Å². The molecule has 1 fully saturated rings. The summed E-state index contributed by atoms with van der Waals surface area (Å²) in [5, 5.41) is 5.52. The maximum absolute atomic E-state index is 11.6. The van der Waals surface area contributed by atoms with E-state index < -0.39 is 9.84 Å². The summed E-state index contributed by atoms with van der Waals surface area (Å²) >= 11 is 0.